The van der Waals surface area contributed by atoms with Gasteiger partial charge in [0.1, 0.15) is 11.5 Å². The van der Waals surface area contributed by atoms with Crippen molar-refractivity contribution in [3.63, 3.8) is 0 Å². The molecule has 0 bridgehead atoms. The van der Waals surface area contributed by atoms with E-state index in [4.69, 9.17) is 5.73 Å². The lowest BCUT2D eigenvalue weighted by Gasteiger charge is -1.96. The number of aromatic nitrogens is 3. The molecule has 5 heteroatoms. The minimum absolute atomic E-state index is 0.624. The molecule has 0 aliphatic heterocycles. The fraction of sp³-hybridized carbons (Fsp3) is 0.333. The normalized spacial score (nSPS) is 11.1. The van der Waals surface area contributed by atoms with Gasteiger partial charge in [-0.1, -0.05) is 0 Å². The van der Waals surface area contributed by atoms with Crippen molar-refractivity contribution in [1.29, 1.82) is 0 Å². The quantitative estimate of drug-likeness (QED) is 0.855. The highest BCUT2D eigenvalue weighted by Crippen LogP contribution is 2.24. The summed E-state index contributed by atoms with van der Waals surface area (Å²) >= 11 is 3.46. The van der Waals surface area contributed by atoms with Gasteiger partial charge in [-0.2, -0.15) is 0 Å². The van der Waals surface area contributed by atoms with Crippen LogP contribution in [0.3, 0.4) is 0 Å². The molecule has 0 atom stereocenters. The Morgan fingerprint density at radius 3 is 3.07 bits per heavy atom. The van der Waals surface area contributed by atoms with Crippen molar-refractivity contribution in [2.45, 2.75) is 13.3 Å². The van der Waals surface area contributed by atoms with E-state index in [1.54, 1.807) is 0 Å². The molecule has 4 nitrogen and oxygen atoms in total. The van der Waals surface area contributed by atoms with Crippen LogP contribution in [0.1, 0.15) is 11.4 Å². The predicted octanol–water partition coefficient (Wildman–Crippen LogP) is 1.53. The van der Waals surface area contributed by atoms with Gasteiger partial charge in [0, 0.05) is 11.6 Å². The summed E-state index contributed by atoms with van der Waals surface area (Å²) in [5.74, 6) is 0.769. The molecule has 3 N–H and O–H groups in total. The lowest BCUT2D eigenvalue weighted by Crippen LogP contribution is -2.02. The molecule has 0 aliphatic carbocycles. The molecule has 0 saturated carbocycles. The van der Waals surface area contributed by atoms with Crippen LogP contribution in [0.15, 0.2) is 10.8 Å². The summed E-state index contributed by atoms with van der Waals surface area (Å²) in [5, 5.41) is 1.05. The average molecular weight is 255 g/mol. The second-order valence-electron chi connectivity index (χ2n) is 3.14. The Morgan fingerprint density at radius 2 is 2.36 bits per heavy atom. The molecular formula is C9H11BrN4. The van der Waals surface area contributed by atoms with E-state index in [0.29, 0.717) is 6.54 Å². The fourth-order valence-corrected chi connectivity index (χ4v) is 2.07. The van der Waals surface area contributed by atoms with Crippen LogP contribution in [-0.2, 0) is 6.42 Å². The molecule has 74 valence electrons. The zero-order valence-electron chi connectivity index (χ0n) is 7.84. The summed E-state index contributed by atoms with van der Waals surface area (Å²) in [6, 6.07) is 0. The van der Waals surface area contributed by atoms with E-state index in [1.165, 1.54) is 0 Å². The van der Waals surface area contributed by atoms with Crippen molar-refractivity contribution < 1.29 is 0 Å². The summed E-state index contributed by atoms with van der Waals surface area (Å²) < 4.78 is 0.956. The first-order valence-corrected chi connectivity index (χ1v) is 5.21. The number of rotatable bonds is 2. The van der Waals surface area contributed by atoms with E-state index in [1.807, 2.05) is 13.1 Å². The molecule has 2 aromatic rings. The molecule has 0 unspecified atom stereocenters. The Morgan fingerprint density at radius 1 is 1.57 bits per heavy atom. The molecule has 0 radical (unpaired) electrons. The standard InChI is InChI=1S/C9H11BrN4/c1-5-12-4-7-6(2-3-11)8(10)14-9(7)13-5/h4H,2-3,11H2,1H3,(H,12,13,14). The summed E-state index contributed by atoms with van der Waals surface area (Å²) in [7, 11) is 0. The molecular weight excluding hydrogens is 244 g/mol. The summed E-state index contributed by atoms with van der Waals surface area (Å²) in [6.45, 7) is 2.50. The SMILES string of the molecule is Cc1ncc2c(CCN)c(Br)[nH]c2n1. The molecule has 0 fully saturated rings. The highest BCUT2D eigenvalue weighted by Gasteiger charge is 2.09. The maximum atomic E-state index is 5.53. The Bertz CT molecular complexity index is 463. The van der Waals surface area contributed by atoms with Gasteiger partial charge < -0.3 is 10.7 Å². The molecule has 0 saturated heterocycles. The van der Waals surface area contributed by atoms with E-state index in [-0.39, 0.29) is 0 Å². The van der Waals surface area contributed by atoms with Gasteiger partial charge in [0.25, 0.3) is 0 Å². The van der Waals surface area contributed by atoms with Gasteiger partial charge in [-0.3, -0.25) is 0 Å². The molecule has 2 heterocycles. The van der Waals surface area contributed by atoms with Crippen LogP contribution in [0.2, 0.25) is 0 Å². The minimum Gasteiger partial charge on any atom is -0.334 e. The number of aryl methyl sites for hydroxylation is 1. The summed E-state index contributed by atoms with van der Waals surface area (Å²) in [6.07, 6.45) is 2.66. The number of nitrogens with two attached hydrogens (primary N) is 1. The maximum absolute atomic E-state index is 5.53. The number of halogens is 1. The first-order chi connectivity index (χ1) is 6.72. The van der Waals surface area contributed by atoms with E-state index in [0.717, 1.165) is 33.4 Å². The summed E-state index contributed by atoms with van der Waals surface area (Å²) in [4.78, 5) is 11.6. The van der Waals surface area contributed by atoms with Gasteiger partial charge >= 0.3 is 0 Å². The van der Waals surface area contributed by atoms with E-state index < -0.39 is 0 Å². The first kappa shape index (κ1) is 9.61. The van der Waals surface area contributed by atoms with Crippen LogP contribution in [-0.4, -0.2) is 21.5 Å². The van der Waals surface area contributed by atoms with E-state index in [2.05, 4.69) is 30.9 Å². The van der Waals surface area contributed by atoms with Crippen LogP contribution < -0.4 is 5.73 Å². The molecule has 0 amide bonds. The Labute approximate surface area is 90.1 Å². The van der Waals surface area contributed by atoms with Crippen molar-refractivity contribution in [2.75, 3.05) is 6.54 Å². The zero-order chi connectivity index (χ0) is 10.1. The number of H-pyrrole nitrogens is 1. The van der Waals surface area contributed by atoms with Crippen LogP contribution in [0.5, 0.6) is 0 Å². The molecule has 2 rings (SSSR count). The molecule has 14 heavy (non-hydrogen) atoms. The Hall–Kier alpha value is -0.940. The highest BCUT2D eigenvalue weighted by atomic mass is 79.9. The van der Waals surface area contributed by atoms with Crippen LogP contribution in [0.4, 0.5) is 0 Å². The number of nitrogens with one attached hydrogen (secondary N) is 1. The Kier molecular flexibility index (Phi) is 2.52. The maximum Gasteiger partial charge on any atom is 0.142 e. The van der Waals surface area contributed by atoms with Crippen molar-refractivity contribution in [3.8, 4) is 0 Å². The Balaban J connectivity index is 2.64. The van der Waals surface area contributed by atoms with Crippen LogP contribution >= 0.6 is 15.9 Å². The van der Waals surface area contributed by atoms with Gasteiger partial charge in [0.05, 0.1) is 4.60 Å². The van der Waals surface area contributed by atoms with Gasteiger partial charge in [-0.25, -0.2) is 9.97 Å². The molecule has 2 aromatic heterocycles. The van der Waals surface area contributed by atoms with Gasteiger partial charge in [-0.05, 0) is 41.4 Å². The smallest absolute Gasteiger partial charge is 0.142 e. The van der Waals surface area contributed by atoms with Gasteiger partial charge in [0.2, 0.25) is 0 Å². The lowest BCUT2D eigenvalue weighted by molar-refractivity contribution is 0.969. The van der Waals surface area contributed by atoms with Crippen molar-refractivity contribution in [2.24, 2.45) is 5.73 Å². The third-order valence-electron chi connectivity index (χ3n) is 2.12. The first-order valence-electron chi connectivity index (χ1n) is 4.42. The van der Waals surface area contributed by atoms with Crippen LogP contribution in [0, 0.1) is 6.92 Å². The highest BCUT2D eigenvalue weighted by molar-refractivity contribution is 9.10. The van der Waals surface area contributed by atoms with Crippen molar-refractivity contribution in [1.82, 2.24) is 15.0 Å². The number of aromatic amines is 1. The topological polar surface area (TPSA) is 67.6 Å². The van der Waals surface area contributed by atoms with Crippen molar-refractivity contribution in [3.05, 3.63) is 22.2 Å². The second-order valence-corrected chi connectivity index (χ2v) is 3.93. The monoisotopic (exact) mass is 254 g/mol. The largest absolute Gasteiger partial charge is 0.334 e. The van der Waals surface area contributed by atoms with E-state index >= 15 is 0 Å². The van der Waals surface area contributed by atoms with Crippen molar-refractivity contribution >= 4 is 27.0 Å². The van der Waals surface area contributed by atoms with Gasteiger partial charge in [0.15, 0.2) is 0 Å². The number of nitrogens with zero attached hydrogens (tertiary/aromatic N) is 2. The number of hydrogen-bond donors (Lipinski definition) is 2. The van der Waals surface area contributed by atoms with Gasteiger partial charge in [-0.15, -0.1) is 0 Å². The van der Waals surface area contributed by atoms with E-state index in [9.17, 15) is 0 Å². The average Bonchev–Trinajstić information content (AvgIpc) is 2.43. The fourth-order valence-electron chi connectivity index (χ4n) is 1.47. The van der Waals surface area contributed by atoms with Crippen LogP contribution in [0.25, 0.3) is 11.0 Å². The molecule has 0 aromatic carbocycles. The number of fused-ring (bicyclic) bond motifs is 1. The minimum atomic E-state index is 0.624. The third kappa shape index (κ3) is 1.53. The zero-order valence-corrected chi connectivity index (χ0v) is 9.43. The predicted molar refractivity (Wildman–Crippen MR) is 59.1 cm³/mol. The lowest BCUT2D eigenvalue weighted by atomic mass is 10.2. The molecule has 0 spiro atoms. The summed E-state index contributed by atoms with van der Waals surface area (Å²) in [5.41, 5.74) is 7.56. The third-order valence-corrected chi connectivity index (χ3v) is 2.80. The molecule has 0 aliphatic rings. The second kappa shape index (κ2) is 3.67. The number of hydrogen-bond acceptors (Lipinski definition) is 3.